The summed E-state index contributed by atoms with van der Waals surface area (Å²) in [5.74, 6) is 0.627. The Bertz CT molecular complexity index is 942. The van der Waals surface area contributed by atoms with Crippen molar-refractivity contribution >= 4 is 55.9 Å². The van der Waals surface area contributed by atoms with Crippen LogP contribution in [0.2, 0.25) is 0 Å². The first kappa shape index (κ1) is 18.2. The fourth-order valence-corrected chi connectivity index (χ4v) is 6.61. The maximum Gasteiger partial charge on any atom is 0.248 e. The Kier molecular flexibility index (Phi) is 4.48. The van der Waals surface area contributed by atoms with Crippen molar-refractivity contribution < 1.29 is 14.3 Å². The number of thiazole rings is 1. The van der Waals surface area contributed by atoms with Crippen molar-refractivity contribution in [2.75, 3.05) is 42.3 Å². The minimum Gasteiger partial charge on any atom is -0.378 e. The van der Waals surface area contributed by atoms with Gasteiger partial charge < -0.3 is 19.9 Å². The molecular weight excluding hydrogens is 396 g/mol. The molecule has 0 spiro atoms. The van der Waals surface area contributed by atoms with E-state index in [-0.39, 0.29) is 16.7 Å². The van der Waals surface area contributed by atoms with Gasteiger partial charge in [0.1, 0.15) is 6.04 Å². The van der Waals surface area contributed by atoms with Gasteiger partial charge in [-0.25, -0.2) is 4.98 Å². The van der Waals surface area contributed by atoms with Crippen LogP contribution in [-0.2, 0) is 14.3 Å². The lowest BCUT2D eigenvalue weighted by Crippen LogP contribution is -2.48. The number of fused-ring (bicyclic) bond motifs is 2. The van der Waals surface area contributed by atoms with Crippen molar-refractivity contribution in [3.8, 4) is 0 Å². The Hall–Kier alpha value is -1.84. The average molecular weight is 419 g/mol. The van der Waals surface area contributed by atoms with E-state index in [1.54, 1.807) is 28.0 Å². The zero-order valence-electron chi connectivity index (χ0n) is 15.6. The molecule has 1 aromatic heterocycles. The number of nitrogens with zero attached hydrogens (tertiary/aromatic N) is 3. The fourth-order valence-electron chi connectivity index (χ4n) is 4.12. The molecule has 3 fully saturated rings. The third kappa shape index (κ3) is 3.05. The van der Waals surface area contributed by atoms with Crippen LogP contribution in [0.1, 0.15) is 19.8 Å². The summed E-state index contributed by atoms with van der Waals surface area (Å²) < 4.78 is 6.45. The number of rotatable bonds is 3. The van der Waals surface area contributed by atoms with Crippen molar-refractivity contribution in [3.05, 3.63) is 18.2 Å². The third-order valence-corrected chi connectivity index (χ3v) is 8.26. The lowest BCUT2D eigenvalue weighted by atomic mass is 10.2. The van der Waals surface area contributed by atoms with E-state index < -0.39 is 6.04 Å². The van der Waals surface area contributed by atoms with E-state index in [4.69, 9.17) is 9.72 Å². The molecule has 148 valence electrons. The van der Waals surface area contributed by atoms with E-state index in [1.807, 2.05) is 18.2 Å². The first-order valence-corrected chi connectivity index (χ1v) is 11.3. The smallest absolute Gasteiger partial charge is 0.248 e. The Morgan fingerprint density at radius 2 is 2.18 bits per heavy atom. The molecule has 1 N–H and O–H groups in total. The van der Waals surface area contributed by atoms with E-state index in [0.717, 1.165) is 53.8 Å². The quantitative estimate of drug-likeness (QED) is 0.826. The van der Waals surface area contributed by atoms with Gasteiger partial charge in [-0.1, -0.05) is 11.3 Å². The molecule has 3 aliphatic rings. The molecular formula is C19H22N4O3S2. The monoisotopic (exact) mass is 418 g/mol. The van der Waals surface area contributed by atoms with Crippen molar-refractivity contribution in [3.63, 3.8) is 0 Å². The molecule has 5 rings (SSSR count). The molecule has 0 radical (unpaired) electrons. The first-order chi connectivity index (χ1) is 13.5. The number of nitrogens with one attached hydrogen (secondary N) is 1. The highest BCUT2D eigenvalue weighted by atomic mass is 32.2. The second-order valence-corrected chi connectivity index (χ2v) is 10.0. The number of carbonyl (C=O) groups excluding carboxylic acids is 2. The van der Waals surface area contributed by atoms with Gasteiger partial charge in [-0.3, -0.25) is 9.59 Å². The molecule has 4 heterocycles. The van der Waals surface area contributed by atoms with Gasteiger partial charge in [-0.15, -0.1) is 11.8 Å². The van der Waals surface area contributed by atoms with Gasteiger partial charge >= 0.3 is 0 Å². The predicted molar refractivity (Wildman–Crippen MR) is 112 cm³/mol. The second-order valence-electron chi connectivity index (χ2n) is 7.53. The van der Waals surface area contributed by atoms with Crippen LogP contribution in [0.15, 0.2) is 18.2 Å². The molecule has 3 aliphatic heterocycles. The zero-order valence-corrected chi connectivity index (χ0v) is 17.3. The van der Waals surface area contributed by atoms with Crippen LogP contribution in [-0.4, -0.2) is 64.7 Å². The minimum atomic E-state index is -0.397. The molecule has 2 aromatic rings. The number of benzene rings is 1. The van der Waals surface area contributed by atoms with Crippen LogP contribution < -0.4 is 10.2 Å². The van der Waals surface area contributed by atoms with Gasteiger partial charge in [0.2, 0.25) is 11.8 Å². The maximum atomic E-state index is 12.9. The number of anilines is 2. The van der Waals surface area contributed by atoms with Crippen molar-refractivity contribution in [2.24, 2.45) is 0 Å². The largest absolute Gasteiger partial charge is 0.378 e. The van der Waals surface area contributed by atoms with Crippen molar-refractivity contribution in [1.82, 2.24) is 9.88 Å². The first-order valence-electron chi connectivity index (χ1n) is 9.54. The van der Waals surface area contributed by atoms with E-state index in [1.165, 1.54) is 0 Å². The summed E-state index contributed by atoms with van der Waals surface area (Å²) in [7, 11) is 0. The van der Waals surface area contributed by atoms with E-state index in [9.17, 15) is 9.59 Å². The highest BCUT2D eigenvalue weighted by molar-refractivity contribution is 8.01. The van der Waals surface area contributed by atoms with Crippen molar-refractivity contribution in [1.29, 1.82) is 0 Å². The Morgan fingerprint density at radius 3 is 3.00 bits per heavy atom. The molecule has 1 aromatic carbocycles. The fraction of sp³-hybridized carbons (Fsp3) is 0.526. The molecule has 0 saturated carbocycles. The van der Waals surface area contributed by atoms with Gasteiger partial charge in [0.15, 0.2) is 5.13 Å². The molecule has 9 heteroatoms. The highest BCUT2D eigenvalue weighted by Crippen LogP contribution is 2.47. The number of hydrogen-bond acceptors (Lipinski definition) is 7. The van der Waals surface area contributed by atoms with Crippen LogP contribution in [0.4, 0.5) is 10.8 Å². The summed E-state index contributed by atoms with van der Waals surface area (Å²) in [4.78, 5) is 33.7. The number of aromatic nitrogens is 1. The Balaban J connectivity index is 1.33. The Morgan fingerprint density at radius 1 is 1.36 bits per heavy atom. The summed E-state index contributed by atoms with van der Waals surface area (Å²) in [6, 6.07) is 5.41. The van der Waals surface area contributed by atoms with E-state index >= 15 is 0 Å². The molecule has 2 atom stereocenters. The van der Waals surface area contributed by atoms with Crippen molar-refractivity contribution in [2.45, 2.75) is 30.7 Å². The van der Waals surface area contributed by atoms with Gasteiger partial charge in [-0.2, -0.15) is 0 Å². The van der Waals surface area contributed by atoms with Crippen LogP contribution in [0.3, 0.4) is 0 Å². The standard InChI is InChI=1S/C19H22N4O3S2/c1-19-5-4-16(24)23(19)14(11-27-19)17(25)20-12-2-3-13-15(10-12)28-18(21-13)22-6-8-26-9-7-22/h2-3,10,14H,4-9,11H2,1H3,(H,20,25)/t14-,19-/m1/s1. The Labute approximate surface area is 171 Å². The molecule has 0 bridgehead atoms. The van der Waals surface area contributed by atoms with Crippen LogP contribution >= 0.6 is 23.1 Å². The van der Waals surface area contributed by atoms with Crippen LogP contribution in [0.25, 0.3) is 10.2 Å². The number of thioether (sulfide) groups is 1. The summed E-state index contributed by atoms with van der Waals surface area (Å²) in [5, 5.41) is 4.01. The number of hydrogen-bond donors (Lipinski definition) is 1. The van der Waals surface area contributed by atoms with Gasteiger partial charge in [0.25, 0.3) is 0 Å². The molecule has 0 aliphatic carbocycles. The van der Waals surface area contributed by atoms with Gasteiger partial charge in [0, 0.05) is 31.0 Å². The molecule has 7 nitrogen and oxygen atoms in total. The number of morpholine rings is 1. The maximum absolute atomic E-state index is 12.9. The predicted octanol–water partition coefficient (Wildman–Crippen LogP) is 2.53. The average Bonchev–Trinajstić information content (AvgIpc) is 3.35. The minimum absolute atomic E-state index is 0.0840. The second kappa shape index (κ2) is 6.89. The third-order valence-electron chi connectivity index (χ3n) is 5.67. The molecule has 0 unspecified atom stereocenters. The highest BCUT2D eigenvalue weighted by Gasteiger charge is 2.52. The van der Waals surface area contributed by atoms with Crippen LogP contribution in [0.5, 0.6) is 0 Å². The lowest BCUT2D eigenvalue weighted by Gasteiger charge is -2.29. The molecule has 2 amide bonds. The van der Waals surface area contributed by atoms with Gasteiger partial charge in [0.05, 0.1) is 28.3 Å². The van der Waals surface area contributed by atoms with Crippen LogP contribution in [0, 0.1) is 0 Å². The summed E-state index contributed by atoms with van der Waals surface area (Å²) in [6.07, 6.45) is 1.35. The van der Waals surface area contributed by atoms with E-state index in [0.29, 0.717) is 12.2 Å². The SMILES string of the molecule is C[C@@]12CCC(=O)N1[C@@H](C(=O)Nc1ccc3nc(N4CCOCC4)sc3c1)CS2. The summed E-state index contributed by atoms with van der Waals surface area (Å²) in [6.45, 7) is 5.22. The van der Waals surface area contributed by atoms with Gasteiger partial charge in [-0.05, 0) is 31.5 Å². The lowest BCUT2D eigenvalue weighted by molar-refractivity contribution is -0.135. The number of amides is 2. The summed E-state index contributed by atoms with van der Waals surface area (Å²) >= 11 is 3.34. The molecule has 28 heavy (non-hydrogen) atoms. The zero-order chi connectivity index (χ0) is 19.3. The summed E-state index contributed by atoms with van der Waals surface area (Å²) in [5.41, 5.74) is 1.68. The normalized spacial score (nSPS) is 27.5. The number of ether oxygens (including phenoxy) is 1. The number of carbonyl (C=O) groups is 2. The topological polar surface area (TPSA) is 74.8 Å². The molecule has 3 saturated heterocycles. The van der Waals surface area contributed by atoms with E-state index in [2.05, 4.69) is 17.1 Å².